The first-order chi connectivity index (χ1) is 10.2. The lowest BCUT2D eigenvalue weighted by atomic mass is 9.84. The highest BCUT2D eigenvalue weighted by atomic mass is 16.5. The zero-order valence-corrected chi connectivity index (χ0v) is 13.7. The molecule has 21 heavy (non-hydrogen) atoms. The normalized spacial score (nSPS) is 21.5. The summed E-state index contributed by atoms with van der Waals surface area (Å²) in [5.41, 5.74) is 7.44. The van der Waals surface area contributed by atoms with Gasteiger partial charge in [-0.25, -0.2) is 0 Å². The van der Waals surface area contributed by atoms with Gasteiger partial charge in [0.2, 0.25) is 0 Å². The number of likely N-dealkylation sites (tertiary alicyclic amines) is 1. The van der Waals surface area contributed by atoms with Gasteiger partial charge in [0.1, 0.15) is 5.75 Å². The molecule has 1 saturated heterocycles. The van der Waals surface area contributed by atoms with E-state index in [-0.39, 0.29) is 0 Å². The minimum absolute atomic E-state index is 0.361. The Morgan fingerprint density at radius 2 is 2.05 bits per heavy atom. The first-order valence-electron chi connectivity index (χ1n) is 8.24. The lowest BCUT2D eigenvalue weighted by molar-refractivity contribution is 0.112. The van der Waals surface area contributed by atoms with E-state index in [1.165, 1.54) is 31.4 Å². The Morgan fingerprint density at radius 1 is 1.29 bits per heavy atom. The third-order valence-electron chi connectivity index (χ3n) is 4.52. The average Bonchev–Trinajstić information content (AvgIpc) is 2.49. The number of hydrogen-bond acceptors (Lipinski definition) is 3. The van der Waals surface area contributed by atoms with Crippen molar-refractivity contribution in [3.8, 4) is 5.75 Å². The third kappa shape index (κ3) is 3.98. The van der Waals surface area contributed by atoms with E-state index < -0.39 is 0 Å². The van der Waals surface area contributed by atoms with Gasteiger partial charge in [0.25, 0.3) is 0 Å². The SMILES string of the molecule is COc1ccccc1C(CN)C1CCCCN1CC(C)C. The Labute approximate surface area is 129 Å². The summed E-state index contributed by atoms with van der Waals surface area (Å²) >= 11 is 0. The molecule has 1 aromatic rings. The molecule has 2 atom stereocenters. The van der Waals surface area contributed by atoms with Gasteiger partial charge >= 0.3 is 0 Å². The molecule has 2 rings (SSSR count). The minimum atomic E-state index is 0.361. The van der Waals surface area contributed by atoms with Gasteiger partial charge in [0.15, 0.2) is 0 Å². The van der Waals surface area contributed by atoms with Crippen LogP contribution in [0.25, 0.3) is 0 Å². The van der Waals surface area contributed by atoms with Crippen LogP contribution in [0.3, 0.4) is 0 Å². The Balaban J connectivity index is 2.25. The fourth-order valence-corrected chi connectivity index (χ4v) is 3.63. The lowest BCUT2D eigenvalue weighted by Crippen LogP contribution is -2.46. The van der Waals surface area contributed by atoms with Crippen molar-refractivity contribution < 1.29 is 4.74 Å². The topological polar surface area (TPSA) is 38.5 Å². The molecule has 0 saturated carbocycles. The first-order valence-corrected chi connectivity index (χ1v) is 8.24. The maximum absolute atomic E-state index is 6.17. The highest BCUT2D eigenvalue weighted by molar-refractivity contribution is 5.37. The predicted octanol–water partition coefficient (Wildman–Crippen LogP) is 3.25. The van der Waals surface area contributed by atoms with E-state index in [1.54, 1.807) is 7.11 Å². The van der Waals surface area contributed by atoms with Crippen molar-refractivity contribution in [1.82, 2.24) is 4.90 Å². The van der Waals surface area contributed by atoms with E-state index in [0.29, 0.717) is 24.4 Å². The molecule has 1 heterocycles. The number of benzene rings is 1. The maximum Gasteiger partial charge on any atom is 0.122 e. The lowest BCUT2D eigenvalue weighted by Gasteiger charge is -2.41. The molecule has 3 heteroatoms. The summed E-state index contributed by atoms with van der Waals surface area (Å²) in [6, 6.07) is 8.90. The summed E-state index contributed by atoms with van der Waals surface area (Å²) in [6.07, 6.45) is 3.87. The van der Waals surface area contributed by atoms with Crippen molar-refractivity contribution in [2.75, 3.05) is 26.7 Å². The minimum Gasteiger partial charge on any atom is -0.496 e. The van der Waals surface area contributed by atoms with Gasteiger partial charge in [-0.15, -0.1) is 0 Å². The van der Waals surface area contributed by atoms with Crippen LogP contribution in [-0.4, -0.2) is 37.7 Å². The van der Waals surface area contributed by atoms with Crippen molar-refractivity contribution in [2.24, 2.45) is 11.7 Å². The van der Waals surface area contributed by atoms with E-state index >= 15 is 0 Å². The number of nitrogens with two attached hydrogens (primary N) is 1. The van der Waals surface area contributed by atoms with Crippen molar-refractivity contribution >= 4 is 0 Å². The van der Waals surface area contributed by atoms with Gasteiger partial charge < -0.3 is 10.5 Å². The second-order valence-electron chi connectivity index (χ2n) is 6.54. The molecule has 118 valence electrons. The summed E-state index contributed by atoms with van der Waals surface area (Å²) in [7, 11) is 1.75. The van der Waals surface area contributed by atoms with Gasteiger partial charge in [-0.05, 0) is 31.4 Å². The number of hydrogen-bond donors (Lipinski definition) is 1. The Morgan fingerprint density at radius 3 is 2.71 bits per heavy atom. The summed E-state index contributed by atoms with van der Waals surface area (Å²) in [5.74, 6) is 2.03. The molecule has 2 unspecified atom stereocenters. The molecule has 0 bridgehead atoms. The molecule has 1 aromatic carbocycles. The Hall–Kier alpha value is -1.06. The molecule has 0 aliphatic carbocycles. The maximum atomic E-state index is 6.17. The van der Waals surface area contributed by atoms with Gasteiger partial charge in [0.05, 0.1) is 7.11 Å². The van der Waals surface area contributed by atoms with Crippen LogP contribution >= 0.6 is 0 Å². The molecule has 0 aromatic heterocycles. The van der Waals surface area contributed by atoms with Crippen molar-refractivity contribution in [1.29, 1.82) is 0 Å². The van der Waals surface area contributed by atoms with E-state index in [2.05, 4.69) is 30.9 Å². The van der Waals surface area contributed by atoms with E-state index in [4.69, 9.17) is 10.5 Å². The summed E-state index contributed by atoms with van der Waals surface area (Å²) in [5, 5.41) is 0. The molecule has 1 aliphatic heterocycles. The summed E-state index contributed by atoms with van der Waals surface area (Å²) < 4.78 is 5.56. The quantitative estimate of drug-likeness (QED) is 0.874. The van der Waals surface area contributed by atoms with Crippen molar-refractivity contribution in [3.63, 3.8) is 0 Å². The van der Waals surface area contributed by atoms with Gasteiger partial charge in [-0.3, -0.25) is 4.90 Å². The first kappa shape index (κ1) is 16.3. The van der Waals surface area contributed by atoms with Crippen molar-refractivity contribution in [3.05, 3.63) is 29.8 Å². The van der Waals surface area contributed by atoms with Crippen LogP contribution in [0.1, 0.15) is 44.6 Å². The van der Waals surface area contributed by atoms with Crippen LogP contribution in [0.2, 0.25) is 0 Å². The third-order valence-corrected chi connectivity index (χ3v) is 4.52. The number of piperidine rings is 1. The zero-order valence-electron chi connectivity index (χ0n) is 13.7. The molecule has 1 fully saturated rings. The van der Waals surface area contributed by atoms with Gasteiger partial charge in [0, 0.05) is 30.6 Å². The largest absolute Gasteiger partial charge is 0.496 e. The molecular formula is C18H30N2O. The van der Waals surface area contributed by atoms with Crippen LogP contribution in [-0.2, 0) is 0 Å². The number of rotatable bonds is 6. The van der Waals surface area contributed by atoms with Crippen LogP contribution < -0.4 is 10.5 Å². The predicted molar refractivity (Wildman–Crippen MR) is 88.8 cm³/mol. The molecule has 0 spiro atoms. The monoisotopic (exact) mass is 290 g/mol. The van der Waals surface area contributed by atoms with Crippen LogP contribution in [0.15, 0.2) is 24.3 Å². The number of methoxy groups -OCH3 is 1. The van der Waals surface area contributed by atoms with Crippen molar-refractivity contribution in [2.45, 2.75) is 45.1 Å². The molecule has 1 aliphatic rings. The second kappa shape index (κ2) is 7.81. The molecule has 2 N–H and O–H groups in total. The fourth-order valence-electron chi connectivity index (χ4n) is 3.63. The Kier molecular flexibility index (Phi) is 6.07. The summed E-state index contributed by atoms with van der Waals surface area (Å²) in [4.78, 5) is 2.65. The van der Waals surface area contributed by atoms with Crippen LogP contribution in [0, 0.1) is 5.92 Å². The summed E-state index contributed by atoms with van der Waals surface area (Å²) in [6.45, 7) is 7.64. The van der Waals surface area contributed by atoms with Gasteiger partial charge in [-0.2, -0.15) is 0 Å². The smallest absolute Gasteiger partial charge is 0.122 e. The average molecular weight is 290 g/mol. The second-order valence-corrected chi connectivity index (χ2v) is 6.54. The van der Waals surface area contributed by atoms with E-state index in [1.807, 2.05) is 12.1 Å². The highest BCUT2D eigenvalue weighted by Gasteiger charge is 2.31. The molecule has 3 nitrogen and oxygen atoms in total. The molecule has 0 amide bonds. The number of nitrogens with zero attached hydrogens (tertiary/aromatic N) is 1. The Bertz CT molecular complexity index is 433. The van der Waals surface area contributed by atoms with Crippen LogP contribution in [0.4, 0.5) is 0 Å². The number of ether oxygens (including phenoxy) is 1. The fraction of sp³-hybridized carbons (Fsp3) is 0.667. The standard InChI is InChI=1S/C18H30N2O/c1-14(2)13-20-11-7-6-9-17(20)16(12-19)15-8-4-5-10-18(15)21-3/h4-5,8,10,14,16-17H,6-7,9,11-13,19H2,1-3H3. The zero-order chi connectivity index (χ0) is 15.2. The molecule has 0 radical (unpaired) electrons. The van der Waals surface area contributed by atoms with E-state index in [0.717, 1.165) is 12.3 Å². The van der Waals surface area contributed by atoms with Gasteiger partial charge in [-0.1, -0.05) is 38.5 Å². The molecular weight excluding hydrogens is 260 g/mol. The number of para-hydroxylation sites is 1. The van der Waals surface area contributed by atoms with E-state index in [9.17, 15) is 0 Å². The van der Waals surface area contributed by atoms with Crippen LogP contribution in [0.5, 0.6) is 5.75 Å². The highest BCUT2D eigenvalue weighted by Crippen LogP contribution is 2.34.